The maximum absolute atomic E-state index is 12.9. The molecule has 1 aliphatic heterocycles. The van der Waals surface area contributed by atoms with Crippen molar-refractivity contribution in [2.24, 2.45) is 5.41 Å². The first-order valence-corrected chi connectivity index (χ1v) is 9.28. The number of aryl methyl sites for hydroxylation is 2. The lowest BCUT2D eigenvalue weighted by atomic mass is 9.92. The number of piperidine rings is 1. The fourth-order valence-corrected chi connectivity index (χ4v) is 3.92. The molecule has 1 saturated heterocycles. The van der Waals surface area contributed by atoms with Crippen molar-refractivity contribution in [1.29, 1.82) is 0 Å². The Balaban J connectivity index is 1.57. The van der Waals surface area contributed by atoms with Gasteiger partial charge >= 0.3 is 0 Å². The van der Waals surface area contributed by atoms with Gasteiger partial charge in [-0.05, 0) is 80.3 Å². The Hall–Kier alpha value is -2.29. The Kier molecular flexibility index (Phi) is 4.03. The number of benzene rings is 2. The number of carbonyl (C=O) groups is 1. The van der Waals surface area contributed by atoms with Gasteiger partial charge in [0.15, 0.2) is 0 Å². The summed E-state index contributed by atoms with van der Waals surface area (Å²) in [7, 11) is 0. The molecule has 0 radical (unpaired) electrons. The van der Waals surface area contributed by atoms with Crippen LogP contribution in [-0.4, -0.2) is 19.0 Å². The van der Waals surface area contributed by atoms with E-state index in [2.05, 4.69) is 23.2 Å². The molecule has 3 nitrogen and oxygen atoms in total. The van der Waals surface area contributed by atoms with Gasteiger partial charge in [0.1, 0.15) is 0 Å². The molecular formula is C22H26N2O. The van der Waals surface area contributed by atoms with Crippen LogP contribution in [0.25, 0.3) is 0 Å². The molecule has 2 aromatic rings. The summed E-state index contributed by atoms with van der Waals surface area (Å²) in [5.41, 5.74) is 5.71. The second-order valence-electron chi connectivity index (χ2n) is 7.83. The maximum Gasteiger partial charge on any atom is 0.257 e. The molecule has 3 heteroatoms. The average molecular weight is 334 g/mol. The van der Waals surface area contributed by atoms with E-state index in [1.807, 2.05) is 43.3 Å². The smallest absolute Gasteiger partial charge is 0.257 e. The number of anilines is 2. The molecule has 1 saturated carbocycles. The SMILES string of the molecule is Cc1cccc(NC(=O)c2ccc(C)cc2N2CCC3(CC2)CC3)c1. The van der Waals surface area contributed by atoms with Crippen molar-refractivity contribution >= 4 is 17.3 Å². The molecule has 0 bridgehead atoms. The van der Waals surface area contributed by atoms with Gasteiger partial charge in [-0.1, -0.05) is 18.2 Å². The standard InChI is InChI=1S/C22H26N2O/c1-16-4-3-5-18(14-16)23-21(25)19-7-6-17(2)15-20(19)24-12-10-22(8-9-22)11-13-24/h3-7,14-15H,8-13H2,1-2H3,(H,23,25). The fraction of sp³-hybridized carbons (Fsp3) is 0.409. The van der Waals surface area contributed by atoms with Crippen LogP contribution in [0.5, 0.6) is 0 Å². The predicted octanol–water partition coefficient (Wildman–Crippen LogP) is 4.94. The van der Waals surface area contributed by atoms with Crippen LogP contribution in [0.1, 0.15) is 47.2 Å². The zero-order chi connectivity index (χ0) is 17.4. The van der Waals surface area contributed by atoms with E-state index in [0.29, 0.717) is 5.41 Å². The summed E-state index contributed by atoms with van der Waals surface area (Å²) in [6, 6.07) is 14.1. The Bertz CT molecular complexity index is 797. The number of amides is 1. The van der Waals surface area contributed by atoms with Crippen molar-refractivity contribution in [2.45, 2.75) is 39.5 Å². The normalized spacial score (nSPS) is 18.2. The topological polar surface area (TPSA) is 32.3 Å². The maximum atomic E-state index is 12.9. The van der Waals surface area contributed by atoms with E-state index in [4.69, 9.17) is 0 Å². The third-order valence-corrected chi connectivity index (χ3v) is 5.80. The molecule has 0 unspecified atom stereocenters. The molecule has 1 spiro atoms. The summed E-state index contributed by atoms with van der Waals surface area (Å²) < 4.78 is 0. The van der Waals surface area contributed by atoms with Crippen molar-refractivity contribution in [3.8, 4) is 0 Å². The van der Waals surface area contributed by atoms with Crippen molar-refractivity contribution in [2.75, 3.05) is 23.3 Å². The van der Waals surface area contributed by atoms with Crippen LogP contribution < -0.4 is 10.2 Å². The van der Waals surface area contributed by atoms with Crippen molar-refractivity contribution in [3.63, 3.8) is 0 Å². The van der Waals surface area contributed by atoms with Gasteiger partial charge in [-0.15, -0.1) is 0 Å². The first-order chi connectivity index (χ1) is 12.0. The van der Waals surface area contributed by atoms with E-state index < -0.39 is 0 Å². The number of carbonyl (C=O) groups excluding carboxylic acids is 1. The van der Waals surface area contributed by atoms with E-state index in [-0.39, 0.29) is 5.91 Å². The summed E-state index contributed by atoms with van der Waals surface area (Å²) in [5.74, 6) is -0.0210. The minimum absolute atomic E-state index is 0.0210. The number of hydrogen-bond acceptors (Lipinski definition) is 2. The number of rotatable bonds is 3. The lowest BCUT2D eigenvalue weighted by Gasteiger charge is -2.35. The molecule has 1 N–H and O–H groups in total. The van der Waals surface area contributed by atoms with Gasteiger partial charge in [0, 0.05) is 24.5 Å². The molecule has 2 aliphatic rings. The third-order valence-electron chi connectivity index (χ3n) is 5.80. The molecule has 25 heavy (non-hydrogen) atoms. The van der Waals surface area contributed by atoms with Gasteiger partial charge in [-0.2, -0.15) is 0 Å². The zero-order valence-corrected chi connectivity index (χ0v) is 15.1. The van der Waals surface area contributed by atoms with Crippen LogP contribution in [0.3, 0.4) is 0 Å². The van der Waals surface area contributed by atoms with E-state index in [1.165, 1.54) is 31.2 Å². The highest BCUT2D eigenvalue weighted by molar-refractivity contribution is 6.08. The molecule has 0 atom stereocenters. The van der Waals surface area contributed by atoms with Gasteiger partial charge in [0.2, 0.25) is 0 Å². The third kappa shape index (κ3) is 3.41. The average Bonchev–Trinajstić information content (AvgIpc) is 3.34. The van der Waals surface area contributed by atoms with Crippen molar-refractivity contribution in [1.82, 2.24) is 0 Å². The Morgan fingerprint density at radius 2 is 1.68 bits per heavy atom. The highest BCUT2D eigenvalue weighted by Crippen LogP contribution is 2.54. The first kappa shape index (κ1) is 16.2. The van der Waals surface area contributed by atoms with Crippen molar-refractivity contribution < 1.29 is 4.79 Å². The quantitative estimate of drug-likeness (QED) is 0.862. The van der Waals surface area contributed by atoms with Crippen LogP contribution in [-0.2, 0) is 0 Å². The summed E-state index contributed by atoms with van der Waals surface area (Å²) in [4.78, 5) is 15.3. The van der Waals surface area contributed by atoms with Gasteiger partial charge in [0.05, 0.1) is 5.56 Å². The van der Waals surface area contributed by atoms with Gasteiger partial charge in [0.25, 0.3) is 5.91 Å². The van der Waals surface area contributed by atoms with E-state index in [0.717, 1.165) is 35.6 Å². The Labute approximate surface area is 150 Å². The summed E-state index contributed by atoms with van der Waals surface area (Å²) in [5, 5.41) is 3.06. The molecule has 130 valence electrons. The molecule has 4 rings (SSSR count). The summed E-state index contributed by atoms with van der Waals surface area (Å²) in [6.07, 6.45) is 5.32. The number of hydrogen-bond donors (Lipinski definition) is 1. The molecule has 2 fully saturated rings. The van der Waals surface area contributed by atoms with Crippen molar-refractivity contribution in [3.05, 3.63) is 59.2 Å². The Morgan fingerprint density at radius 1 is 0.960 bits per heavy atom. The van der Waals surface area contributed by atoms with E-state index >= 15 is 0 Å². The fourth-order valence-electron chi connectivity index (χ4n) is 3.92. The van der Waals surface area contributed by atoms with Crippen LogP contribution in [0.4, 0.5) is 11.4 Å². The summed E-state index contributed by atoms with van der Waals surface area (Å²) in [6.45, 7) is 6.26. The predicted molar refractivity (Wildman–Crippen MR) is 103 cm³/mol. The zero-order valence-electron chi connectivity index (χ0n) is 15.1. The lowest BCUT2D eigenvalue weighted by molar-refractivity contribution is 0.102. The second kappa shape index (κ2) is 6.21. The Morgan fingerprint density at radius 3 is 2.36 bits per heavy atom. The molecule has 2 aromatic carbocycles. The summed E-state index contributed by atoms with van der Waals surface area (Å²) >= 11 is 0. The van der Waals surface area contributed by atoms with Crippen LogP contribution >= 0.6 is 0 Å². The molecule has 1 heterocycles. The highest BCUT2D eigenvalue weighted by atomic mass is 16.1. The second-order valence-corrected chi connectivity index (χ2v) is 7.83. The van der Waals surface area contributed by atoms with Crippen LogP contribution in [0, 0.1) is 19.3 Å². The highest BCUT2D eigenvalue weighted by Gasteiger charge is 2.44. The van der Waals surface area contributed by atoms with Crippen LogP contribution in [0.15, 0.2) is 42.5 Å². The number of nitrogens with one attached hydrogen (secondary N) is 1. The lowest BCUT2D eigenvalue weighted by Crippen LogP contribution is -2.35. The molecule has 0 aromatic heterocycles. The minimum Gasteiger partial charge on any atom is -0.371 e. The van der Waals surface area contributed by atoms with Crippen LogP contribution in [0.2, 0.25) is 0 Å². The largest absolute Gasteiger partial charge is 0.371 e. The molecule has 1 aliphatic carbocycles. The van der Waals surface area contributed by atoms with Gasteiger partial charge in [-0.25, -0.2) is 0 Å². The first-order valence-electron chi connectivity index (χ1n) is 9.28. The number of nitrogens with zero attached hydrogens (tertiary/aromatic N) is 1. The van der Waals surface area contributed by atoms with E-state index in [9.17, 15) is 4.79 Å². The molecule has 1 amide bonds. The molecular weight excluding hydrogens is 308 g/mol. The van der Waals surface area contributed by atoms with Gasteiger partial charge in [-0.3, -0.25) is 4.79 Å². The van der Waals surface area contributed by atoms with E-state index in [1.54, 1.807) is 0 Å². The monoisotopic (exact) mass is 334 g/mol. The minimum atomic E-state index is -0.0210. The van der Waals surface area contributed by atoms with Gasteiger partial charge < -0.3 is 10.2 Å².